The van der Waals surface area contributed by atoms with Crippen molar-refractivity contribution in [2.24, 2.45) is 0 Å². The summed E-state index contributed by atoms with van der Waals surface area (Å²) >= 11 is 0. The van der Waals surface area contributed by atoms with Gasteiger partial charge in [-0.25, -0.2) is 8.42 Å². The van der Waals surface area contributed by atoms with Gasteiger partial charge in [-0.15, -0.1) is 0 Å². The van der Waals surface area contributed by atoms with Crippen molar-refractivity contribution in [3.05, 3.63) is 71.8 Å². The summed E-state index contributed by atoms with van der Waals surface area (Å²) in [5.74, 6) is -2.11. The summed E-state index contributed by atoms with van der Waals surface area (Å²) in [6.07, 6.45) is 15.4. The molecule has 3 N–H and O–H groups in total. The van der Waals surface area contributed by atoms with Gasteiger partial charge < -0.3 is 34.4 Å². The zero-order chi connectivity index (χ0) is 46.7. The molecule has 2 aromatic rings. The number of nitrogens with one attached hydrogen (secondary N) is 1. The summed E-state index contributed by atoms with van der Waals surface area (Å²) in [5.41, 5.74) is 2.60. The quantitative estimate of drug-likeness (QED) is 0.0177. The monoisotopic (exact) mass is 940 g/mol. The average molecular weight is 940 g/mol. The van der Waals surface area contributed by atoms with E-state index in [0.717, 1.165) is 96.3 Å². The first-order valence-electron chi connectivity index (χ1n) is 24.1. The Morgan fingerprint density at radius 1 is 0.646 bits per heavy atom. The molecule has 0 heterocycles. The number of rotatable bonds is 40. The van der Waals surface area contributed by atoms with Gasteiger partial charge in [-0.2, -0.15) is 0 Å². The van der Waals surface area contributed by atoms with Crippen molar-refractivity contribution < 1.29 is 85.6 Å². The predicted molar refractivity (Wildman–Crippen MR) is 247 cm³/mol. The van der Waals surface area contributed by atoms with E-state index in [1.54, 1.807) is 0 Å². The van der Waals surface area contributed by atoms with Crippen molar-refractivity contribution >= 4 is 34.5 Å². The number of ether oxygens (including phenoxy) is 2. The van der Waals surface area contributed by atoms with E-state index in [2.05, 4.69) is 40.7 Å². The number of hydrogen-bond acceptors (Lipinski definition) is 12. The van der Waals surface area contributed by atoms with Gasteiger partial charge in [-0.05, 0) is 62.5 Å². The van der Waals surface area contributed by atoms with Crippen molar-refractivity contribution in [3.8, 4) is 0 Å². The number of carbonyl (C=O) groups excluding carboxylic acids is 4. The molecule has 15 heteroatoms. The van der Waals surface area contributed by atoms with Crippen LogP contribution in [0.2, 0.25) is 0 Å². The summed E-state index contributed by atoms with van der Waals surface area (Å²) in [6, 6.07) is 18.7. The maximum Gasteiger partial charge on any atom is 1.00 e. The molecule has 0 saturated carbocycles. The first-order valence-corrected chi connectivity index (χ1v) is 25.4. The van der Waals surface area contributed by atoms with Crippen LogP contribution >= 0.6 is 0 Å². The van der Waals surface area contributed by atoms with E-state index in [-0.39, 0.29) is 55.1 Å². The second-order valence-corrected chi connectivity index (χ2v) is 18.1. The molecule has 0 aliphatic carbocycles. The van der Waals surface area contributed by atoms with Gasteiger partial charge in [0.15, 0.2) is 6.10 Å². The Morgan fingerprint density at radius 3 is 1.52 bits per heavy atom. The minimum Gasteiger partial charge on any atom is -0.726 e. The van der Waals surface area contributed by atoms with Crippen LogP contribution in [0.1, 0.15) is 179 Å². The number of unbranched alkanes of at least 4 members (excludes halogenated alkanes) is 18. The van der Waals surface area contributed by atoms with Crippen LogP contribution in [-0.4, -0.2) is 84.4 Å². The van der Waals surface area contributed by atoms with Gasteiger partial charge in [0.2, 0.25) is 16.3 Å². The van der Waals surface area contributed by atoms with Crippen LogP contribution in [-0.2, 0) is 56.1 Å². The number of carbonyl (C=O) groups is 4. The van der Waals surface area contributed by atoms with E-state index in [1.807, 2.05) is 36.4 Å². The van der Waals surface area contributed by atoms with Crippen LogP contribution in [0.3, 0.4) is 0 Å². The number of hydrogen-bond donors (Lipinski definition) is 3. The Labute approximate surface area is 412 Å². The Morgan fingerprint density at radius 2 is 1.08 bits per heavy atom. The van der Waals surface area contributed by atoms with Gasteiger partial charge in [0.05, 0.1) is 13.0 Å². The predicted octanol–water partition coefficient (Wildman–Crippen LogP) is 5.95. The third-order valence-electron chi connectivity index (χ3n) is 11.4. The molecule has 0 radical (unpaired) electrons. The molecule has 0 aliphatic rings. The molecule has 2 rings (SSSR count). The zero-order valence-electron chi connectivity index (χ0n) is 39.4. The van der Waals surface area contributed by atoms with Gasteiger partial charge in [0.25, 0.3) is 0 Å². The first kappa shape index (κ1) is 60.3. The number of aryl methyl sites for hydroxylation is 2. The van der Waals surface area contributed by atoms with Crippen LogP contribution in [0.25, 0.3) is 0 Å². The van der Waals surface area contributed by atoms with Crippen LogP contribution in [0.15, 0.2) is 60.7 Å². The molecular weight excluding hydrogens is 862 g/mol. The van der Waals surface area contributed by atoms with E-state index >= 15 is 0 Å². The van der Waals surface area contributed by atoms with E-state index < -0.39 is 65.3 Å². The van der Waals surface area contributed by atoms with Gasteiger partial charge in [0, 0.05) is 12.8 Å². The van der Waals surface area contributed by atoms with Crippen molar-refractivity contribution in [2.75, 3.05) is 6.61 Å². The summed E-state index contributed by atoms with van der Waals surface area (Å²) < 4.78 is 51.0. The van der Waals surface area contributed by atoms with Crippen molar-refractivity contribution in [1.29, 1.82) is 0 Å². The first-order chi connectivity index (χ1) is 30.9. The van der Waals surface area contributed by atoms with E-state index in [9.17, 15) is 42.4 Å². The Kier molecular flexibility index (Phi) is 35.5. The number of amides is 1. The molecule has 0 bridgehead atoms. The summed E-state index contributed by atoms with van der Waals surface area (Å²) in [5, 5.41) is 22.6. The molecule has 2 aromatic carbocycles. The largest absolute Gasteiger partial charge is 1.00 e. The molecule has 65 heavy (non-hydrogen) atoms. The molecular formula is C50H78NNaO12S. The Hall–Kier alpha value is -2.69. The number of aliphatic hydroxyl groups excluding tert-OH is 2. The van der Waals surface area contributed by atoms with E-state index in [4.69, 9.17) is 9.47 Å². The molecule has 0 aliphatic heterocycles. The molecule has 362 valence electrons. The minimum absolute atomic E-state index is 0. The third kappa shape index (κ3) is 31.1. The average Bonchev–Trinajstić information content (AvgIpc) is 3.28. The standard InChI is InChI=1S/C50H79NO12S.Na/c1-2-3-4-5-6-7-8-15-26-35-43(61-47(56)36-27-16-11-9-13-20-29-41-31-22-18-23-32-41)38-46(55)51-44(39-52)49(50(45(54)40-53)63-64(58,59)60)62-48(57)37-28-17-12-10-14-21-30-42-33-24-19-25-34-42;/h18-19,22-25,31-34,39,43-45,49-50,53-54H,2-17,20-21,26-30,35-38,40H2,1H3,(H,51,55)(H,58,59,60);/q;+1/p-1/t43-,44-,45+,49+,50+;/m0./s1. The molecule has 0 aromatic heterocycles. The van der Waals surface area contributed by atoms with E-state index in [0.29, 0.717) is 32.1 Å². The van der Waals surface area contributed by atoms with Crippen molar-refractivity contribution in [3.63, 3.8) is 0 Å². The van der Waals surface area contributed by atoms with Crippen LogP contribution < -0.4 is 34.9 Å². The Balaban J connectivity index is 0.0000211. The van der Waals surface area contributed by atoms with Crippen LogP contribution in [0, 0.1) is 0 Å². The zero-order valence-corrected chi connectivity index (χ0v) is 42.2. The topological polar surface area (TPSA) is 206 Å². The Bertz CT molecular complexity index is 1640. The second kappa shape index (κ2) is 38.3. The molecule has 0 unspecified atom stereocenters. The molecule has 0 fully saturated rings. The molecule has 0 saturated heterocycles. The fraction of sp³-hybridized carbons (Fsp3) is 0.680. The number of esters is 2. The van der Waals surface area contributed by atoms with Crippen molar-refractivity contribution in [2.45, 2.75) is 211 Å². The fourth-order valence-corrected chi connectivity index (χ4v) is 8.32. The molecule has 5 atom stereocenters. The van der Waals surface area contributed by atoms with Crippen LogP contribution in [0.5, 0.6) is 0 Å². The third-order valence-corrected chi connectivity index (χ3v) is 11.9. The summed E-state index contributed by atoms with van der Waals surface area (Å²) in [6.45, 7) is 1.06. The van der Waals surface area contributed by atoms with Gasteiger partial charge >= 0.3 is 41.5 Å². The number of aldehydes is 1. The normalized spacial score (nSPS) is 13.7. The smallest absolute Gasteiger partial charge is 0.726 e. The molecule has 1 amide bonds. The van der Waals surface area contributed by atoms with Crippen molar-refractivity contribution in [1.82, 2.24) is 5.32 Å². The number of aliphatic hydroxyl groups is 2. The minimum atomic E-state index is -5.56. The van der Waals surface area contributed by atoms with E-state index in [1.165, 1.54) is 36.8 Å². The van der Waals surface area contributed by atoms with Gasteiger partial charge in [-0.3, -0.25) is 18.6 Å². The number of benzene rings is 2. The van der Waals surface area contributed by atoms with Crippen LogP contribution in [0.4, 0.5) is 0 Å². The summed E-state index contributed by atoms with van der Waals surface area (Å²) in [4.78, 5) is 52.2. The molecule has 0 spiro atoms. The van der Waals surface area contributed by atoms with Gasteiger partial charge in [0.1, 0.15) is 30.6 Å². The fourth-order valence-electron chi connectivity index (χ4n) is 7.81. The SMILES string of the molecule is CCCCCCCCCCC[C@@H](CC(=O)N[C@@H](C=O)[C@@H](OC(=O)CCCCCCCCc1ccccc1)[C@H](OS(=O)(=O)[O-])[C@H](O)CO)OC(=O)CCCCCCCCc1ccccc1.[Na+]. The maximum absolute atomic E-state index is 13.5. The molecule has 13 nitrogen and oxygen atoms in total. The summed E-state index contributed by atoms with van der Waals surface area (Å²) in [7, 11) is -5.56. The second-order valence-electron chi connectivity index (χ2n) is 17.0. The maximum atomic E-state index is 13.5. The van der Waals surface area contributed by atoms with Gasteiger partial charge in [-0.1, -0.05) is 170 Å².